The van der Waals surface area contributed by atoms with Crippen LogP contribution in [0, 0.1) is 0 Å². The van der Waals surface area contributed by atoms with E-state index in [4.69, 9.17) is 4.74 Å². The van der Waals surface area contributed by atoms with Gasteiger partial charge >= 0.3 is 0 Å². The zero-order chi connectivity index (χ0) is 11.1. The van der Waals surface area contributed by atoms with Crippen molar-refractivity contribution < 1.29 is 4.74 Å². The summed E-state index contributed by atoms with van der Waals surface area (Å²) >= 11 is 0. The minimum atomic E-state index is 0.468. The molecule has 0 amide bonds. The molecule has 0 saturated carbocycles. The second-order valence-corrected chi connectivity index (χ2v) is 4.13. The minimum Gasteiger partial charge on any atom is -0.378 e. The first-order valence-electron chi connectivity index (χ1n) is 6.28. The molecular formula is C14H24O. The van der Waals surface area contributed by atoms with Crippen molar-refractivity contribution in [1.29, 1.82) is 0 Å². The summed E-state index contributed by atoms with van der Waals surface area (Å²) in [6.45, 7) is 7.37. The molecule has 1 nitrogen and oxygen atoms in total. The fourth-order valence-electron chi connectivity index (χ4n) is 2.28. The summed E-state index contributed by atoms with van der Waals surface area (Å²) in [4.78, 5) is 0. The molecule has 1 rings (SSSR count). The molecule has 0 aromatic rings. The Hall–Kier alpha value is -0.560. The van der Waals surface area contributed by atoms with Crippen molar-refractivity contribution in [2.45, 2.75) is 59.0 Å². The first-order valence-corrected chi connectivity index (χ1v) is 6.28. The molecule has 1 aliphatic rings. The second-order valence-electron chi connectivity index (χ2n) is 4.13. The third kappa shape index (κ3) is 3.83. The van der Waals surface area contributed by atoms with Gasteiger partial charge in [-0.1, -0.05) is 37.1 Å². The van der Waals surface area contributed by atoms with Gasteiger partial charge in [0.25, 0.3) is 0 Å². The van der Waals surface area contributed by atoms with E-state index in [1.807, 2.05) is 0 Å². The first kappa shape index (κ1) is 12.5. The van der Waals surface area contributed by atoms with E-state index in [-0.39, 0.29) is 0 Å². The van der Waals surface area contributed by atoms with Crippen molar-refractivity contribution in [3.05, 3.63) is 23.3 Å². The molecule has 0 aromatic heterocycles. The van der Waals surface area contributed by atoms with E-state index < -0.39 is 0 Å². The monoisotopic (exact) mass is 208 g/mol. The summed E-state index contributed by atoms with van der Waals surface area (Å²) in [6, 6.07) is 0. The van der Waals surface area contributed by atoms with E-state index in [1.54, 1.807) is 11.1 Å². The Morgan fingerprint density at radius 3 is 2.47 bits per heavy atom. The molecule has 0 saturated heterocycles. The third-order valence-corrected chi connectivity index (χ3v) is 3.04. The van der Waals surface area contributed by atoms with E-state index in [1.165, 1.54) is 12.8 Å². The van der Waals surface area contributed by atoms with Crippen LogP contribution in [0.15, 0.2) is 23.3 Å². The maximum Gasteiger partial charge on any atom is 0.0649 e. The molecule has 1 heteroatoms. The number of ether oxygens (including phenoxy) is 1. The number of allylic oxidation sites excluding steroid dienone is 2. The van der Waals surface area contributed by atoms with Gasteiger partial charge in [-0.25, -0.2) is 0 Å². The lowest BCUT2D eigenvalue weighted by Gasteiger charge is -2.09. The Morgan fingerprint density at radius 1 is 1.13 bits per heavy atom. The van der Waals surface area contributed by atoms with Crippen molar-refractivity contribution in [2.75, 3.05) is 6.61 Å². The lowest BCUT2D eigenvalue weighted by Crippen LogP contribution is -2.08. The number of hydrogen-bond acceptors (Lipinski definition) is 1. The molecule has 0 radical (unpaired) electrons. The van der Waals surface area contributed by atoms with Crippen LogP contribution in [0.25, 0.3) is 0 Å². The molecule has 1 atom stereocenters. The summed E-state index contributed by atoms with van der Waals surface area (Å²) in [7, 11) is 0. The maximum absolute atomic E-state index is 5.71. The molecule has 1 aliphatic carbocycles. The number of rotatable bonds is 6. The molecule has 0 bridgehead atoms. The van der Waals surface area contributed by atoms with Gasteiger partial charge in [0.2, 0.25) is 0 Å². The van der Waals surface area contributed by atoms with Gasteiger partial charge in [-0.05, 0) is 39.0 Å². The predicted molar refractivity (Wildman–Crippen MR) is 66.0 cm³/mol. The van der Waals surface area contributed by atoms with E-state index >= 15 is 0 Å². The van der Waals surface area contributed by atoms with Gasteiger partial charge in [0.15, 0.2) is 0 Å². The highest BCUT2D eigenvalue weighted by Crippen LogP contribution is 2.32. The van der Waals surface area contributed by atoms with E-state index in [2.05, 4.69) is 32.9 Å². The molecule has 15 heavy (non-hydrogen) atoms. The smallest absolute Gasteiger partial charge is 0.0649 e. The van der Waals surface area contributed by atoms with Gasteiger partial charge in [-0.15, -0.1) is 0 Å². The van der Waals surface area contributed by atoms with E-state index in [9.17, 15) is 0 Å². The van der Waals surface area contributed by atoms with E-state index in [0.717, 1.165) is 25.9 Å². The molecule has 0 aliphatic heterocycles. The highest BCUT2D eigenvalue weighted by molar-refractivity contribution is 5.24. The van der Waals surface area contributed by atoms with Crippen LogP contribution in [0.4, 0.5) is 0 Å². The number of hydrogen-bond donors (Lipinski definition) is 0. The summed E-state index contributed by atoms with van der Waals surface area (Å²) in [5.74, 6) is 0. The van der Waals surface area contributed by atoms with Crippen molar-refractivity contribution in [1.82, 2.24) is 0 Å². The molecule has 0 heterocycles. The first-order chi connectivity index (χ1) is 7.31. The van der Waals surface area contributed by atoms with Crippen molar-refractivity contribution in [2.24, 2.45) is 0 Å². The Bertz CT molecular complexity index is 238. The van der Waals surface area contributed by atoms with Crippen molar-refractivity contribution >= 4 is 0 Å². The normalized spacial score (nSPS) is 21.9. The Morgan fingerprint density at radius 2 is 1.87 bits per heavy atom. The van der Waals surface area contributed by atoms with Crippen LogP contribution < -0.4 is 0 Å². The van der Waals surface area contributed by atoms with Crippen LogP contribution >= 0.6 is 0 Å². The van der Waals surface area contributed by atoms with Gasteiger partial charge in [-0.3, -0.25) is 0 Å². The summed E-state index contributed by atoms with van der Waals surface area (Å²) in [5, 5.41) is 0. The van der Waals surface area contributed by atoms with Crippen LogP contribution in [0.1, 0.15) is 52.9 Å². The maximum atomic E-state index is 5.71. The van der Waals surface area contributed by atoms with Crippen molar-refractivity contribution in [3.8, 4) is 0 Å². The lowest BCUT2D eigenvalue weighted by molar-refractivity contribution is 0.0701. The lowest BCUT2D eigenvalue weighted by atomic mass is 10.1. The average Bonchev–Trinajstić information content (AvgIpc) is 2.62. The van der Waals surface area contributed by atoms with Crippen LogP contribution in [0.2, 0.25) is 0 Å². The molecule has 0 N–H and O–H groups in total. The Balaban J connectivity index is 2.48. The molecule has 1 unspecified atom stereocenters. The summed E-state index contributed by atoms with van der Waals surface area (Å²) < 4.78 is 5.71. The topological polar surface area (TPSA) is 9.23 Å². The largest absolute Gasteiger partial charge is 0.378 e. The van der Waals surface area contributed by atoms with Crippen molar-refractivity contribution in [3.63, 3.8) is 0 Å². The fraction of sp³-hybridized carbons (Fsp3) is 0.714. The van der Waals surface area contributed by atoms with Gasteiger partial charge in [-0.2, -0.15) is 0 Å². The van der Waals surface area contributed by atoms with Crippen LogP contribution in [-0.4, -0.2) is 12.7 Å². The molecule has 0 fully saturated rings. The Kier molecular flexibility index (Phi) is 5.70. The van der Waals surface area contributed by atoms with Crippen LogP contribution in [-0.2, 0) is 4.74 Å². The SMILES string of the molecule is CC/C=C\CC1=C(CC)CC(OCC)C1. The van der Waals surface area contributed by atoms with Crippen LogP contribution in [0.5, 0.6) is 0 Å². The van der Waals surface area contributed by atoms with Gasteiger partial charge < -0.3 is 4.74 Å². The standard InChI is InChI=1S/C14H24O/c1-4-7-8-9-13-11-14(15-6-3)10-12(13)5-2/h7-8,14H,4-6,9-11H2,1-3H3/b8-7-. The quantitative estimate of drug-likeness (QED) is 0.593. The average molecular weight is 208 g/mol. The zero-order valence-corrected chi connectivity index (χ0v) is 10.4. The predicted octanol–water partition coefficient (Wildman–Crippen LogP) is 4.25. The minimum absolute atomic E-state index is 0.468. The van der Waals surface area contributed by atoms with Gasteiger partial charge in [0, 0.05) is 6.61 Å². The highest BCUT2D eigenvalue weighted by atomic mass is 16.5. The highest BCUT2D eigenvalue weighted by Gasteiger charge is 2.22. The Labute approximate surface area is 94.2 Å². The van der Waals surface area contributed by atoms with Crippen LogP contribution in [0.3, 0.4) is 0 Å². The second kappa shape index (κ2) is 6.84. The van der Waals surface area contributed by atoms with E-state index in [0.29, 0.717) is 6.10 Å². The zero-order valence-electron chi connectivity index (χ0n) is 10.4. The molecular weight excluding hydrogens is 184 g/mol. The molecule has 0 aromatic carbocycles. The van der Waals surface area contributed by atoms with Gasteiger partial charge in [0.05, 0.1) is 6.10 Å². The molecule has 86 valence electrons. The summed E-state index contributed by atoms with van der Waals surface area (Å²) in [6.07, 6.45) is 10.8. The fourth-order valence-corrected chi connectivity index (χ4v) is 2.28. The third-order valence-electron chi connectivity index (χ3n) is 3.04. The molecule has 0 spiro atoms. The summed E-state index contributed by atoms with van der Waals surface area (Å²) in [5.41, 5.74) is 3.26. The van der Waals surface area contributed by atoms with Gasteiger partial charge in [0.1, 0.15) is 0 Å².